The summed E-state index contributed by atoms with van der Waals surface area (Å²) >= 11 is 0. The Morgan fingerprint density at radius 1 is 1.53 bits per heavy atom. The fourth-order valence-corrected chi connectivity index (χ4v) is 2.30. The van der Waals surface area contributed by atoms with E-state index in [1.54, 1.807) is 13.0 Å². The lowest BCUT2D eigenvalue weighted by Gasteiger charge is -2.12. The van der Waals surface area contributed by atoms with Gasteiger partial charge in [-0.25, -0.2) is 4.39 Å². The third kappa shape index (κ3) is 1.78. The predicted octanol–water partition coefficient (Wildman–Crippen LogP) is 2.63. The summed E-state index contributed by atoms with van der Waals surface area (Å²) in [5.74, 6) is 0.577. The largest absolute Gasteiger partial charge is 0.319 e. The maximum absolute atomic E-state index is 13.4. The number of nitrogens with one attached hydrogen (secondary N) is 1. The van der Waals surface area contributed by atoms with Crippen LogP contribution >= 0.6 is 0 Å². The summed E-state index contributed by atoms with van der Waals surface area (Å²) in [6.45, 7) is 5.05. The normalized spacial score (nSPS) is 29.2. The van der Waals surface area contributed by atoms with Gasteiger partial charge in [0.25, 0.3) is 0 Å². The van der Waals surface area contributed by atoms with Crippen molar-refractivity contribution in [1.82, 2.24) is 5.32 Å². The summed E-state index contributed by atoms with van der Waals surface area (Å²) in [5.41, 5.74) is 2.07. The van der Waals surface area contributed by atoms with E-state index >= 15 is 0 Å². The van der Waals surface area contributed by atoms with Crippen molar-refractivity contribution in [3.05, 3.63) is 35.1 Å². The molecule has 1 aliphatic carbocycles. The molecule has 1 aromatic carbocycles. The molecule has 1 aliphatic rings. The summed E-state index contributed by atoms with van der Waals surface area (Å²) in [4.78, 5) is 0. The first-order valence-corrected chi connectivity index (χ1v) is 5.49. The van der Waals surface area contributed by atoms with Gasteiger partial charge in [0.15, 0.2) is 0 Å². The quantitative estimate of drug-likeness (QED) is 0.803. The molecular formula is C13H18FN. The number of hydrogen-bond donors (Lipinski definition) is 1. The second-order valence-electron chi connectivity index (χ2n) is 4.84. The molecule has 1 N–H and O–H groups in total. The van der Waals surface area contributed by atoms with Gasteiger partial charge in [-0.15, -0.1) is 0 Å². The molecule has 0 saturated heterocycles. The van der Waals surface area contributed by atoms with Gasteiger partial charge in [0.2, 0.25) is 0 Å². The van der Waals surface area contributed by atoms with Gasteiger partial charge in [-0.1, -0.05) is 19.1 Å². The zero-order valence-corrected chi connectivity index (χ0v) is 9.60. The molecule has 2 unspecified atom stereocenters. The molecule has 0 radical (unpaired) electrons. The molecule has 1 nitrogen and oxygen atoms in total. The van der Waals surface area contributed by atoms with E-state index in [0.29, 0.717) is 5.92 Å². The Morgan fingerprint density at radius 3 is 2.87 bits per heavy atom. The van der Waals surface area contributed by atoms with E-state index in [1.165, 1.54) is 0 Å². The third-order valence-electron chi connectivity index (χ3n) is 3.69. The highest BCUT2D eigenvalue weighted by molar-refractivity contribution is 5.35. The molecule has 0 spiro atoms. The van der Waals surface area contributed by atoms with Crippen LogP contribution in [0.2, 0.25) is 0 Å². The number of hydrogen-bond acceptors (Lipinski definition) is 1. The maximum atomic E-state index is 13.4. The Kier molecular flexibility index (Phi) is 2.55. The van der Waals surface area contributed by atoms with E-state index in [9.17, 15) is 4.39 Å². The summed E-state index contributed by atoms with van der Waals surface area (Å²) in [7, 11) is 1.97. The minimum Gasteiger partial charge on any atom is -0.319 e. The molecular weight excluding hydrogens is 189 g/mol. The highest BCUT2D eigenvalue weighted by Crippen LogP contribution is 2.53. The van der Waals surface area contributed by atoms with Crippen LogP contribution in [0.15, 0.2) is 18.2 Å². The van der Waals surface area contributed by atoms with Crippen molar-refractivity contribution < 1.29 is 4.39 Å². The lowest BCUT2D eigenvalue weighted by atomic mass is 9.94. The maximum Gasteiger partial charge on any atom is 0.126 e. The van der Waals surface area contributed by atoms with Crippen LogP contribution in [-0.2, 0) is 5.41 Å². The smallest absolute Gasteiger partial charge is 0.126 e. The van der Waals surface area contributed by atoms with Crippen LogP contribution in [0, 0.1) is 18.7 Å². The van der Waals surface area contributed by atoms with Gasteiger partial charge in [-0.2, -0.15) is 0 Å². The van der Waals surface area contributed by atoms with E-state index in [1.807, 2.05) is 13.1 Å². The van der Waals surface area contributed by atoms with Gasteiger partial charge in [0, 0.05) is 0 Å². The second-order valence-corrected chi connectivity index (χ2v) is 4.84. The minimum atomic E-state index is -0.0798. The average Bonchev–Trinajstić information content (AvgIpc) is 2.84. The standard InChI is InChI=1S/C13H18FN/c1-9-4-5-10(6-12(9)14)13(2)7-11(13)8-15-3/h4-6,11,15H,7-8H2,1-3H3. The average molecular weight is 207 g/mol. The first-order chi connectivity index (χ1) is 7.08. The molecule has 0 aliphatic heterocycles. The van der Waals surface area contributed by atoms with Crippen molar-refractivity contribution in [2.45, 2.75) is 25.7 Å². The lowest BCUT2D eigenvalue weighted by Crippen LogP contribution is -2.16. The van der Waals surface area contributed by atoms with Crippen LogP contribution in [0.5, 0.6) is 0 Å². The van der Waals surface area contributed by atoms with E-state index < -0.39 is 0 Å². The van der Waals surface area contributed by atoms with Crippen molar-refractivity contribution in [1.29, 1.82) is 0 Å². The molecule has 15 heavy (non-hydrogen) atoms. The molecule has 0 bridgehead atoms. The number of rotatable bonds is 3. The molecule has 82 valence electrons. The molecule has 0 aromatic heterocycles. The molecule has 0 amide bonds. The lowest BCUT2D eigenvalue weighted by molar-refractivity contribution is 0.593. The van der Waals surface area contributed by atoms with Gasteiger partial charge in [0.05, 0.1) is 0 Å². The topological polar surface area (TPSA) is 12.0 Å². The Hall–Kier alpha value is -0.890. The van der Waals surface area contributed by atoms with Crippen LogP contribution in [0.3, 0.4) is 0 Å². The van der Waals surface area contributed by atoms with Crippen LogP contribution in [0.25, 0.3) is 0 Å². The van der Waals surface area contributed by atoms with Crippen LogP contribution in [-0.4, -0.2) is 13.6 Å². The fourth-order valence-electron chi connectivity index (χ4n) is 2.30. The Labute approximate surface area is 90.7 Å². The number of benzene rings is 1. The minimum absolute atomic E-state index is 0.0798. The van der Waals surface area contributed by atoms with Crippen LogP contribution in [0.4, 0.5) is 4.39 Å². The summed E-state index contributed by atoms with van der Waals surface area (Å²) in [6, 6.07) is 5.64. The van der Waals surface area contributed by atoms with Gasteiger partial charge < -0.3 is 5.32 Å². The molecule has 1 fully saturated rings. The monoisotopic (exact) mass is 207 g/mol. The Bertz CT molecular complexity index is 375. The number of aryl methyl sites for hydroxylation is 1. The van der Waals surface area contributed by atoms with Gasteiger partial charge in [-0.05, 0) is 55.5 Å². The molecule has 2 rings (SSSR count). The number of halogens is 1. The highest BCUT2D eigenvalue weighted by Gasteiger charge is 2.50. The van der Waals surface area contributed by atoms with Crippen LogP contribution < -0.4 is 5.32 Å². The first kappa shape index (κ1) is 10.6. The fraction of sp³-hybridized carbons (Fsp3) is 0.538. The zero-order valence-electron chi connectivity index (χ0n) is 9.60. The van der Waals surface area contributed by atoms with Crippen molar-refractivity contribution >= 4 is 0 Å². The van der Waals surface area contributed by atoms with Crippen molar-refractivity contribution in [3.63, 3.8) is 0 Å². The SMILES string of the molecule is CNCC1CC1(C)c1ccc(C)c(F)c1. The molecule has 1 aromatic rings. The van der Waals surface area contributed by atoms with Gasteiger partial charge in [-0.3, -0.25) is 0 Å². The molecule has 2 atom stereocenters. The third-order valence-corrected chi connectivity index (χ3v) is 3.69. The van der Waals surface area contributed by atoms with Crippen molar-refractivity contribution in [2.24, 2.45) is 5.92 Å². The van der Waals surface area contributed by atoms with E-state index in [-0.39, 0.29) is 11.2 Å². The molecule has 2 heteroatoms. The second kappa shape index (κ2) is 3.60. The summed E-state index contributed by atoms with van der Waals surface area (Å²) in [5, 5.41) is 3.19. The van der Waals surface area contributed by atoms with E-state index in [0.717, 1.165) is 24.1 Å². The van der Waals surface area contributed by atoms with Crippen molar-refractivity contribution in [3.8, 4) is 0 Å². The highest BCUT2D eigenvalue weighted by atomic mass is 19.1. The van der Waals surface area contributed by atoms with Crippen LogP contribution in [0.1, 0.15) is 24.5 Å². The molecule has 1 saturated carbocycles. The summed E-state index contributed by atoms with van der Waals surface area (Å²) in [6.07, 6.45) is 1.16. The Morgan fingerprint density at radius 2 is 2.27 bits per heavy atom. The van der Waals surface area contributed by atoms with Crippen molar-refractivity contribution in [2.75, 3.05) is 13.6 Å². The summed E-state index contributed by atoms with van der Waals surface area (Å²) < 4.78 is 13.4. The Balaban J connectivity index is 2.21. The van der Waals surface area contributed by atoms with E-state index in [4.69, 9.17) is 0 Å². The van der Waals surface area contributed by atoms with Gasteiger partial charge in [0.1, 0.15) is 5.82 Å². The van der Waals surface area contributed by atoms with Gasteiger partial charge >= 0.3 is 0 Å². The van der Waals surface area contributed by atoms with E-state index in [2.05, 4.69) is 18.3 Å². The molecule has 0 heterocycles. The first-order valence-electron chi connectivity index (χ1n) is 5.49. The zero-order chi connectivity index (χ0) is 11.1. The predicted molar refractivity (Wildman–Crippen MR) is 60.5 cm³/mol.